The van der Waals surface area contributed by atoms with Gasteiger partial charge in [-0.3, -0.25) is 4.79 Å². The zero-order chi connectivity index (χ0) is 16.2. The van der Waals surface area contributed by atoms with E-state index in [0.29, 0.717) is 18.9 Å². The molecule has 1 amide bonds. The van der Waals surface area contributed by atoms with Gasteiger partial charge in [0.2, 0.25) is 5.91 Å². The highest BCUT2D eigenvalue weighted by Crippen LogP contribution is 2.28. The highest BCUT2D eigenvalue weighted by Gasteiger charge is 2.29. The maximum Gasteiger partial charge on any atom is 0.223 e. The van der Waals surface area contributed by atoms with Crippen LogP contribution in [0.2, 0.25) is 0 Å². The second-order valence-corrected chi connectivity index (χ2v) is 7.86. The molecule has 1 aliphatic carbocycles. The van der Waals surface area contributed by atoms with Crippen molar-refractivity contribution < 1.29 is 4.79 Å². The third kappa shape index (κ3) is 5.13. The monoisotopic (exact) mass is 302 g/mol. The molecule has 0 aliphatic heterocycles. The predicted molar refractivity (Wildman–Crippen MR) is 91.2 cm³/mol. The molecule has 1 saturated carbocycles. The zero-order valence-electron chi connectivity index (χ0n) is 14.2. The van der Waals surface area contributed by atoms with Gasteiger partial charge in [0.05, 0.1) is 0 Å². The van der Waals surface area contributed by atoms with Crippen LogP contribution in [-0.2, 0) is 11.3 Å². The number of hydrogen-bond acceptors (Lipinski definition) is 2. The van der Waals surface area contributed by atoms with Gasteiger partial charge in [0.15, 0.2) is 0 Å². The van der Waals surface area contributed by atoms with Crippen molar-refractivity contribution in [2.75, 3.05) is 6.54 Å². The van der Waals surface area contributed by atoms with Gasteiger partial charge < -0.3 is 10.6 Å². The van der Waals surface area contributed by atoms with Crippen LogP contribution >= 0.6 is 0 Å². The normalized spacial score (nSPS) is 21.8. The fraction of sp³-hybridized carbons (Fsp3) is 0.632. The number of nitrogens with two attached hydrogens (primary N) is 1. The van der Waals surface area contributed by atoms with E-state index < -0.39 is 0 Å². The molecule has 1 aliphatic rings. The highest BCUT2D eigenvalue weighted by molar-refractivity contribution is 5.76. The van der Waals surface area contributed by atoms with Crippen LogP contribution in [0.5, 0.6) is 0 Å². The van der Waals surface area contributed by atoms with Crippen molar-refractivity contribution in [1.29, 1.82) is 0 Å². The van der Waals surface area contributed by atoms with Gasteiger partial charge in [0.1, 0.15) is 0 Å². The van der Waals surface area contributed by atoms with E-state index >= 15 is 0 Å². The quantitative estimate of drug-likeness (QED) is 0.903. The molecule has 3 heteroatoms. The predicted octanol–water partition coefficient (Wildman–Crippen LogP) is 3.58. The Morgan fingerprint density at radius 2 is 1.91 bits per heavy atom. The number of rotatable bonds is 5. The third-order valence-electron chi connectivity index (χ3n) is 4.39. The third-order valence-corrected chi connectivity index (χ3v) is 4.39. The Morgan fingerprint density at radius 1 is 1.23 bits per heavy atom. The van der Waals surface area contributed by atoms with Gasteiger partial charge in [-0.2, -0.15) is 0 Å². The summed E-state index contributed by atoms with van der Waals surface area (Å²) in [5.74, 6) is 0.617. The van der Waals surface area contributed by atoms with Crippen molar-refractivity contribution in [3.63, 3.8) is 0 Å². The van der Waals surface area contributed by atoms with Gasteiger partial charge in [-0.25, -0.2) is 0 Å². The first-order valence-corrected chi connectivity index (χ1v) is 8.42. The summed E-state index contributed by atoms with van der Waals surface area (Å²) in [7, 11) is 0. The van der Waals surface area contributed by atoms with Crippen molar-refractivity contribution in [3.05, 3.63) is 35.9 Å². The molecule has 0 saturated heterocycles. The molecule has 0 bridgehead atoms. The summed E-state index contributed by atoms with van der Waals surface area (Å²) >= 11 is 0. The molecule has 122 valence electrons. The zero-order valence-corrected chi connectivity index (χ0v) is 14.2. The number of carbonyl (C=O) groups excluding carboxylic acids is 1. The molecule has 22 heavy (non-hydrogen) atoms. The van der Waals surface area contributed by atoms with E-state index in [1.165, 1.54) is 5.56 Å². The number of amides is 1. The largest absolute Gasteiger partial charge is 0.338 e. The fourth-order valence-corrected chi connectivity index (χ4v) is 3.28. The summed E-state index contributed by atoms with van der Waals surface area (Å²) in [6.45, 7) is 8.01. The molecule has 2 N–H and O–H groups in total. The first-order valence-electron chi connectivity index (χ1n) is 8.42. The summed E-state index contributed by atoms with van der Waals surface area (Å²) in [6, 6.07) is 10.5. The summed E-state index contributed by atoms with van der Waals surface area (Å²) in [5.41, 5.74) is 7.43. The molecule has 0 heterocycles. The van der Waals surface area contributed by atoms with Crippen molar-refractivity contribution in [3.8, 4) is 0 Å². The van der Waals surface area contributed by atoms with Gasteiger partial charge in [-0.05, 0) is 29.7 Å². The van der Waals surface area contributed by atoms with Crippen molar-refractivity contribution >= 4 is 5.91 Å². The molecule has 0 spiro atoms. The van der Waals surface area contributed by atoms with Crippen molar-refractivity contribution in [2.45, 2.75) is 59.0 Å². The van der Waals surface area contributed by atoms with Crippen molar-refractivity contribution in [2.24, 2.45) is 17.1 Å². The van der Waals surface area contributed by atoms with E-state index in [-0.39, 0.29) is 17.4 Å². The Kier molecular flexibility index (Phi) is 5.63. The topological polar surface area (TPSA) is 46.3 Å². The lowest BCUT2D eigenvalue weighted by Gasteiger charge is -2.31. The van der Waals surface area contributed by atoms with Crippen LogP contribution in [0.25, 0.3) is 0 Å². The molecule has 1 fully saturated rings. The second-order valence-electron chi connectivity index (χ2n) is 7.86. The van der Waals surface area contributed by atoms with E-state index in [0.717, 1.165) is 25.8 Å². The van der Waals surface area contributed by atoms with Gasteiger partial charge in [0.25, 0.3) is 0 Å². The van der Waals surface area contributed by atoms with Gasteiger partial charge in [0, 0.05) is 25.6 Å². The number of benzene rings is 1. The van der Waals surface area contributed by atoms with E-state index in [1.54, 1.807) is 0 Å². The molecule has 1 aromatic rings. The summed E-state index contributed by atoms with van der Waals surface area (Å²) in [5, 5.41) is 0. The van der Waals surface area contributed by atoms with Crippen LogP contribution in [0.1, 0.15) is 52.0 Å². The molecule has 3 nitrogen and oxygen atoms in total. The Balaban J connectivity index is 2.04. The fourth-order valence-electron chi connectivity index (χ4n) is 3.28. The van der Waals surface area contributed by atoms with E-state index in [2.05, 4.69) is 32.9 Å². The Labute approximate surface area is 134 Å². The summed E-state index contributed by atoms with van der Waals surface area (Å²) in [6.07, 6.45) is 3.93. The molecule has 1 aromatic carbocycles. The van der Waals surface area contributed by atoms with Gasteiger partial charge >= 0.3 is 0 Å². The average Bonchev–Trinajstić information content (AvgIpc) is 2.83. The summed E-state index contributed by atoms with van der Waals surface area (Å²) in [4.78, 5) is 14.8. The number of hydrogen-bond donors (Lipinski definition) is 1. The van der Waals surface area contributed by atoms with Gasteiger partial charge in [-0.1, -0.05) is 57.5 Å². The van der Waals surface area contributed by atoms with Gasteiger partial charge in [-0.15, -0.1) is 0 Å². The van der Waals surface area contributed by atoms with E-state index in [9.17, 15) is 4.79 Å². The molecule has 0 unspecified atom stereocenters. The van der Waals surface area contributed by atoms with Crippen LogP contribution in [0.4, 0.5) is 0 Å². The van der Waals surface area contributed by atoms with Crippen LogP contribution in [-0.4, -0.2) is 23.4 Å². The minimum absolute atomic E-state index is 0.0994. The highest BCUT2D eigenvalue weighted by atomic mass is 16.2. The maximum absolute atomic E-state index is 12.8. The average molecular weight is 302 g/mol. The Bertz CT molecular complexity index is 478. The van der Waals surface area contributed by atoms with E-state index in [4.69, 9.17) is 5.73 Å². The number of carbonyl (C=O) groups is 1. The first kappa shape index (κ1) is 17.0. The minimum atomic E-state index is 0.0994. The number of nitrogens with zero attached hydrogens (tertiary/aromatic N) is 1. The van der Waals surface area contributed by atoms with Crippen LogP contribution in [0.3, 0.4) is 0 Å². The Hall–Kier alpha value is -1.35. The lowest BCUT2D eigenvalue weighted by molar-refractivity contribution is -0.134. The lowest BCUT2D eigenvalue weighted by Crippen LogP contribution is -2.39. The first-order chi connectivity index (χ1) is 10.3. The molecule has 0 aromatic heterocycles. The van der Waals surface area contributed by atoms with Crippen molar-refractivity contribution in [1.82, 2.24) is 4.90 Å². The summed E-state index contributed by atoms with van der Waals surface area (Å²) < 4.78 is 0. The molecule has 2 atom stereocenters. The van der Waals surface area contributed by atoms with Crippen LogP contribution < -0.4 is 5.73 Å². The second kappa shape index (κ2) is 7.28. The molecular weight excluding hydrogens is 272 g/mol. The molecule has 2 rings (SSSR count). The van der Waals surface area contributed by atoms with E-state index in [1.807, 2.05) is 23.1 Å². The molecule has 0 radical (unpaired) electrons. The Morgan fingerprint density at radius 3 is 2.45 bits per heavy atom. The lowest BCUT2D eigenvalue weighted by atomic mass is 9.94. The van der Waals surface area contributed by atoms with Crippen LogP contribution in [0.15, 0.2) is 30.3 Å². The van der Waals surface area contributed by atoms with Crippen LogP contribution in [0, 0.1) is 11.3 Å². The molecular formula is C19H30N2O. The standard InChI is InChI=1S/C19H30N2O/c1-19(2,3)14-21(13-15-8-5-4-6-9-15)18(22)12-16-10-7-11-17(16)20/h4-6,8-9,16-17H,7,10-14,20H2,1-3H3/t16-,17+/m0/s1. The minimum Gasteiger partial charge on any atom is -0.338 e. The SMILES string of the molecule is CC(C)(C)CN(Cc1ccccc1)C(=O)C[C@@H]1CCC[C@H]1N. The smallest absolute Gasteiger partial charge is 0.223 e. The maximum atomic E-state index is 12.8.